The molecule has 0 heterocycles. The van der Waals surface area contributed by atoms with E-state index in [0.29, 0.717) is 37.4 Å². The molecule has 7 heteroatoms. The Morgan fingerprint density at radius 3 is 2.29 bits per heavy atom. The number of ether oxygens (including phenoxy) is 1. The van der Waals surface area contributed by atoms with E-state index in [-0.39, 0.29) is 51.4 Å². The number of carboxylic acids is 1. The summed E-state index contributed by atoms with van der Waals surface area (Å²) in [6.45, 7) is 22.2. The average Bonchev–Trinajstić information content (AvgIpc) is 3.47. The SMILES string of the molecule is C=C(COCCc1ccc(Br)cc1)[C@@H]1CC[C@]2(C(=O)N[C@@H](CC(C)C)C(=O)O)CC[C@]3(C)[C@H](CCC4[C@@]5(C)CC[C@H](O)C(C)(C)[C@@H]5CC[C@]43C)[C@@H]12. The summed E-state index contributed by atoms with van der Waals surface area (Å²) in [5, 5.41) is 24.4. The third-order valence-electron chi connectivity index (χ3n) is 16.4. The van der Waals surface area contributed by atoms with Gasteiger partial charge in [-0.3, -0.25) is 4.79 Å². The molecule has 1 aromatic rings. The summed E-state index contributed by atoms with van der Waals surface area (Å²) in [5.74, 6) is 0.881. The van der Waals surface area contributed by atoms with Gasteiger partial charge in [0.05, 0.1) is 24.7 Å². The number of carbonyl (C=O) groups is 2. The van der Waals surface area contributed by atoms with Crippen LogP contribution in [0.15, 0.2) is 40.9 Å². The molecule has 0 aliphatic heterocycles. The van der Waals surface area contributed by atoms with E-state index in [1.165, 1.54) is 5.56 Å². The van der Waals surface area contributed by atoms with Gasteiger partial charge < -0.3 is 20.3 Å². The van der Waals surface area contributed by atoms with E-state index in [2.05, 4.69) is 86.7 Å². The molecule has 0 radical (unpaired) electrons. The molecule has 6 nitrogen and oxygen atoms in total. The van der Waals surface area contributed by atoms with Gasteiger partial charge in [-0.25, -0.2) is 4.79 Å². The molecule has 6 rings (SSSR count). The fourth-order valence-corrected chi connectivity index (χ4v) is 13.8. The van der Waals surface area contributed by atoms with Gasteiger partial charge in [-0.2, -0.15) is 0 Å². The highest BCUT2D eigenvalue weighted by Crippen LogP contribution is 2.77. The quantitative estimate of drug-likeness (QED) is 0.154. The molecule has 5 saturated carbocycles. The highest BCUT2D eigenvalue weighted by Gasteiger charge is 2.72. The fraction of sp³-hybridized carbons (Fsp3) is 0.773. The lowest BCUT2D eigenvalue weighted by molar-refractivity contribution is -0.246. The summed E-state index contributed by atoms with van der Waals surface area (Å²) in [6.07, 6.45) is 11.0. The Kier molecular flexibility index (Phi) is 10.8. The molecule has 5 aliphatic rings. The first-order valence-corrected chi connectivity index (χ1v) is 20.9. The Morgan fingerprint density at radius 1 is 0.922 bits per heavy atom. The van der Waals surface area contributed by atoms with Crippen LogP contribution in [0.5, 0.6) is 0 Å². The van der Waals surface area contributed by atoms with Gasteiger partial charge in [-0.05, 0) is 157 Å². The van der Waals surface area contributed by atoms with Crippen LogP contribution in [-0.4, -0.2) is 47.4 Å². The number of carbonyl (C=O) groups excluding carboxylic acids is 1. The van der Waals surface area contributed by atoms with Gasteiger partial charge >= 0.3 is 5.97 Å². The Morgan fingerprint density at radius 2 is 1.63 bits per heavy atom. The molecule has 5 fully saturated rings. The fourth-order valence-electron chi connectivity index (χ4n) is 13.6. The molecule has 3 N–H and O–H groups in total. The number of carboxylic acid groups (broad SMARTS) is 1. The number of halogens is 1. The minimum Gasteiger partial charge on any atom is -0.480 e. The first kappa shape index (κ1) is 39.0. The Balaban J connectivity index is 1.29. The summed E-state index contributed by atoms with van der Waals surface area (Å²) >= 11 is 3.52. The Hall–Kier alpha value is -1.70. The molecular weight excluding hydrogens is 702 g/mol. The molecule has 1 amide bonds. The van der Waals surface area contributed by atoms with Crippen LogP contribution in [0.25, 0.3) is 0 Å². The molecule has 0 aromatic heterocycles. The number of aliphatic carboxylic acids is 1. The van der Waals surface area contributed by atoms with Gasteiger partial charge in [0, 0.05) is 4.47 Å². The largest absolute Gasteiger partial charge is 0.480 e. The Labute approximate surface area is 316 Å². The summed E-state index contributed by atoms with van der Waals surface area (Å²) in [6, 6.07) is 7.50. The van der Waals surface area contributed by atoms with E-state index in [1.54, 1.807) is 0 Å². The van der Waals surface area contributed by atoms with Gasteiger partial charge in [0.1, 0.15) is 6.04 Å². The van der Waals surface area contributed by atoms with Crippen LogP contribution >= 0.6 is 15.9 Å². The monoisotopic (exact) mass is 767 g/mol. The summed E-state index contributed by atoms with van der Waals surface area (Å²) < 4.78 is 7.38. The third kappa shape index (κ3) is 6.49. The predicted molar refractivity (Wildman–Crippen MR) is 207 cm³/mol. The lowest BCUT2D eigenvalue weighted by Gasteiger charge is -2.72. The summed E-state index contributed by atoms with van der Waals surface area (Å²) in [7, 11) is 0. The van der Waals surface area contributed by atoms with Crippen LogP contribution < -0.4 is 5.32 Å². The van der Waals surface area contributed by atoms with E-state index in [9.17, 15) is 19.8 Å². The number of hydrogen-bond acceptors (Lipinski definition) is 4. The third-order valence-corrected chi connectivity index (χ3v) is 17.0. The lowest BCUT2D eigenvalue weighted by atomic mass is 9.32. The predicted octanol–water partition coefficient (Wildman–Crippen LogP) is 9.62. The van der Waals surface area contributed by atoms with E-state index in [0.717, 1.165) is 80.7 Å². The van der Waals surface area contributed by atoms with E-state index >= 15 is 0 Å². The molecule has 1 unspecified atom stereocenters. The number of benzene rings is 1. The van der Waals surface area contributed by atoms with Crippen LogP contribution in [0, 0.1) is 62.6 Å². The highest BCUT2D eigenvalue weighted by atomic mass is 79.9. The van der Waals surface area contributed by atoms with Crippen LogP contribution in [0.2, 0.25) is 0 Å². The molecule has 1 aromatic carbocycles. The van der Waals surface area contributed by atoms with Crippen LogP contribution in [0.1, 0.15) is 125 Å². The molecule has 284 valence electrons. The van der Waals surface area contributed by atoms with Crippen molar-refractivity contribution < 1.29 is 24.5 Å². The van der Waals surface area contributed by atoms with Crippen molar-refractivity contribution >= 4 is 27.8 Å². The Bertz CT molecular complexity index is 1470. The molecule has 11 atom stereocenters. The zero-order valence-electron chi connectivity index (χ0n) is 32.5. The summed E-state index contributed by atoms with van der Waals surface area (Å²) in [4.78, 5) is 27.1. The number of hydrogen-bond donors (Lipinski definition) is 3. The van der Waals surface area contributed by atoms with Crippen LogP contribution in [0.4, 0.5) is 0 Å². The van der Waals surface area contributed by atoms with Crippen LogP contribution in [0.3, 0.4) is 0 Å². The second-order valence-electron chi connectivity index (χ2n) is 19.5. The topological polar surface area (TPSA) is 95.9 Å². The van der Waals surface area contributed by atoms with E-state index in [1.807, 2.05) is 13.8 Å². The summed E-state index contributed by atoms with van der Waals surface area (Å²) in [5.41, 5.74) is 2.00. The highest BCUT2D eigenvalue weighted by molar-refractivity contribution is 9.10. The molecule has 0 saturated heterocycles. The number of amides is 1. The number of fused-ring (bicyclic) bond motifs is 7. The normalized spacial score (nSPS) is 40.4. The van der Waals surface area contributed by atoms with Gasteiger partial charge in [-0.15, -0.1) is 0 Å². The van der Waals surface area contributed by atoms with Crippen LogP contribution in [-0.2, 0) is 20.7 Å². The van der Waals surface area contributed by atoms with Crippen molar-refractivity contribution in [1.29, 1.82) is 0 Å². The maximum atomic E-state index is 14.7. The standard InChI is InChI=1S/C44H66BrNO5/c1-27(2)25-33(38(48)49)46-39(50)44-21-15-31(28(3)26-51-24-18-29-9-11-30(45)12-10-29)37(44)32-13-14-35-41(6)19-17-36(47)40(4,5)34(41)16-20-43(35,8)42(32,7)22-23-44/h9-12,27,31-37,47H,3,13-26H2,1-2,4-8H3,(H,46,50)(H,48,49)/t31-,32+,33-,34-,35?,36-,37+,41-,42+,43+,44-/m0/s1. The van der Waals surface area contributed by atoms with Gasteiger partial charge in [0.2, 0.25) is 5.91 Å². The minimum absolute atomic E-state index is 0.0416. The zero-order valence-corrected chi connectivity index (χ0v) is 34.1. The number of aliphatic hydroxyl groups is 1. The van der Waals surface area contributed by atoms with Crippen molar-refractivity contribution in [2.45, 2.75) is 138 Å². The maximum Gasteiger partial charge on any atom is 0.326 e. The number of nitrogens with one attached hydrogen (secondary N) is 1. The zero-order chi connectivity index (χ0) is 37.1. The molecule has 5 aliphatic carbocycles. The lowest BCUT2D eigenvalue weighted by Crippen LogP contribution is -2.67. The van der Waals surface area contributed by atoms with Gasteiger partial charge in [0.15, 0.2) is 0 Å². The number of aliphatic hydroxyl groups excluding tert-OH is 1. The average molecular weight is 769 g/mol. The first-order valence-electron chi connectivity index (χ1n) is 20.1. The smallest absolute Gasteiger partial charge is 0.326 e. The minimum atomic E-state index is -0.942. The second kappa shape index (κ2) is 14.2. The van der Waals surface area contributed by atoms with Gasteiger partial charge in [0.25, 0.3) is 0 Å². The molecular formula is C44H66BrNO5. The van der Waals surface area contributed by atoms with Gasteiger partial charge in [-0.1, -0.05) is 83.1 Å². The van der Waals surface area contributed by atoms with E-state index in [4.69, 9.17) is 4.74 Å². The van der Waals surface area contributed by atoms with Crippen molar-refractivity contribution in [3.8, 4) is 0 Å². The van der Waals surface area contributed by atoms with E-state index < -0.39 is 17.4 Å². The first-order chi connectivity index (χ1) is 23.9. The van der Waals surface area contributed by atoms with Crippen molar-refractivity contribution in [3.63, 3.8) is 0 Å². The molecule has 0 bridgehead atoms. The molecule has 0 spiro atoms. The van der Waals surface area contributed by atoms with Crippen molar-refractivity contribution in [1.82, 2.24) is 5.32 Å². The second-order valence-corrected chi connectivity index (χ2v) is 20.4. The van der Waals surface area contributed by atoms with Crippen molar-refractivity contribution in [3.05, 3.63) is 46.5 Å². The maximum absolute atomic E-state index is 14.7. The molecule has 51 heavy (non-hydrogen) atoms. The van der Waals surface area contributed by atoms with Crippen molar-refractivity contribution in [2.75, 3.05) is 13.2 Å². The number of rotatable bonds is 11. The van der Waals surface area contributed by atoms with Crippen molar-refractivity contribution in [2.24, 2.45) is 62.6 Å².